The highest BCUT2D eigenvalue weighted by molar-refractivity contribution is 6.40. The van der Waals surface area contributed by atoms with Crippen LogP contribution in [0.5, 0.6) is 0 Å². The van der Waals surface area contributed by atoms with Gasteiger partial charge in [-0.05, 0) is 43.3 Å². The standard InChI is InChI=1S/C23H24FN5O3/c1-16(30)21-15-20(26-29(21)19-5-3-2-4-6-19)22(31)27-11-13-28(14-12-27)23(32)25-18-9-7-17(24)8-10-18/h2-10,21H,11-15H2,1H3,(H,25,32). The van der Waals surface area contributed by atoms with Crippen LogP contribution in [0.2, 0.25) is 0 Å². The number of carbonyl (C=O) groups excluding carboxylic acids is 3. The fourth-order valence-corrected chi connectivity index (χ4v) is 3.81. The number of benzene rings is 2. The molecule has 0 radical (unpaired) electrons. The first kappa shape index (κ1) is 21.5. The van der Waals surface area contributed by atoms with Crippen molar-refractivity contribution in [3.8, 4) is 0 Å². The first-order valence-electron chi connectivity index (χ1n) is 10.5. The number of rotatable bonds is 4. The van der Waals surface area contributed by atoms with Crippen molar-refractivity contribution < 1.29 is 18.8 Å². The van der Waals surface area contributed by atoms with Gasteiger partial charge in [0.2, 0.25) is 0 Å². The number of nitrogens with one attached hydrogen (secondary N) is 1. The Labute approximate surface area is 185 Å². The number of hydrogen-bond donors (Lipinski definition) is 1. The lowest BCUT2D eigenvalue weighted by atomic mass is 10.1. The predicted molar refractivity (Wildman–Crippen MR) is 119 cm³/mol. The zero-order chi connectivity index (χ0) is 22.7. The maximum absolute atomic E-state index is 13.0. The van der Waals surface area contributed by atoms with Gasteiger partial charge in [0, 0.05) is 38.3 Å². The monoisotopic (exact) mass is 437 g/mol. The van der Waals surface area contributed by atoms with Gasteiger partial charge in [-0.25, -0.2) is 9.18 Å². The number of hydrazone groups is 1. The first-order valence-corrected chi connectivity index (χ1v) is 10.5. The van der Waals surface area contributed by atoms with Gasteiger partial charge in [0.1, 0.15) is 17.6 Å². The topological polar surface area (TPSA) is 85.3 Å². The summed E-state index contributed by atoms with van der Waals surface area (Å²) in [6.07, 6.45) is 0.258. The molecule has 2 aliphatic rings. The number of halogens is 1. The highest BCUT2D eigenvalue weighted by atomic mass is 19.1. The van der Waals surface area contributed by atoms with E-state index in [1.165, 1.54) is 31.2 Å². The smallest absolute Gasteiger partial charge is 0.321 e. The number of Topliss-reactive ketones (excluding diaryl/α,β-unsaturated/α-hetero) is 1. The van der Waals surface area contributed by atoms with Crippen molar-refractivity contribution in [2.75, 3.05) is 36.5 Å². The normalized spacial score (nSPS) is 18.4. The molecule has 0 saturated carbocycles. The summed E-state index contributed by atoms with van der Waals surface area (Å²) in [5.41, 5.74) is 1.61. The summed E-state index contributed by atoms with van der Waals surface area (Å²) in [6.45, 7) is 2.97. The Hall–Kier alpha value is -3.75. The molecule has 166 valence electrons. The fraction of sp³-hybridized carbons (Fsp3) is 0.304. The summed E-state index contributed by atoms with van der Waals surface area (Å²) in [4.78, 5) is 40.9. The maximum atomic E-state index is 13.0. The van der Waals surface area contributed by atoms with Gasteiger partial charge in [0.05, 0.1) is 5.69 Å². The van der Waals surface area contributed by atoms with Crippen molar-refractivity contribution in [2.24, 2.45) is 5.10 Å². The molecule has 8 nitrogen and oxygen atoms in total. The zero-order valence-electron chi connectivity index (χ0n) is 17.7. The minimum absolute atomic E-state index is 0.0531. The SMILES string of the molecule is CC(=O)C1CC(C(=O)N2CCN(C(=O)Nc3ccc(F)cc3)CC2)=NN1c1ccccc1. The molecule has 0 bridgehead atoms. The summed E-state index contributed by atoms with van der Waals surface area (Å²) in [5, 5.41) is 8.81. The summed E-state index contributed by atoms with van der Waals surface area (Å²) >= 11 is 0. The number of carbonyl (C=O) groups is 3. The molecule has 1 N–H and O–H groups in total. The summed E-state index contributed by atoms with van der Waals surface area (Å²) in [6, 6.07) is 14.1. The number of nitrogens with zero attached hydrogens (tertiary/aromatic N) is 4. The summed E-state index contributed by atoms with van der Waals surface area (Å²) < 4.78 is 13.0. The number of piperazine rings is 1. The molecule has 2 aromatic carbocycles. The van der Waals surface area contributed by atoms with Crippen LogP contribution in [0.1, 0.15) is 13.3 Å². The molecule has 1 unspecified atom stereocenters. The highest BCUT2D eigenvalue weighted by Gasteiger charge is 2.36. The van der Waals surface area contributed by atoms with Crippen molar-refractivity contribution in [3.05, 3.63) is 60.4 Å². The van der Waals surface area contributed by atoms with Crippen LogP contribution in [0.3, 0.4) is 0 Å². The molecule has 4 rings (SSSR count). The molecule has 0 aliphatic carbocycles. The third kappa shape index (κ3) is 4.61. The van der Waals surface area contributed by atoms with E-state index >= 15 is 0 Å². The Bertz CT molecular complexity index is 1030. The quantitative estimate of drug-likeness (QED) is 0.797. The number of amides is 3. The van der Waals surface area contributed by atoms with E-state index < -0.39 is 6.04 Å². The van der Waals surface area contributed by atoms with Crippen molar-refractivity contribution in [3.63, 3.8) is 0 Å². The number of ketones is 1. The number of hydrogen-bond acceptors (Lipinski definition) is 5. The Morgan fingerprint density at radius 3 is 2.19 bits per heavy atom. The highest BCUT2D eigenvalue weighted by Crippen LogP contribution is 2.25. The van der Waals surface area contributed by atoms with Crippen LogP contribution >= 0.6 is 0 Å². The van der Waals surface area contributed by atoms with Crippen LogP contribution in [0, 0.1) is 5.82 Å². The van der Waals surface area contributed by atoms with Gasteiger partial charge >= 0.3 is 6.03 Å². The Balaban J connectivity index is 1.37. The van der Waals surface area contributed by atoms with E-state index in [4.69, 9.17) is 0 Å². The number of anilines is 2. The Morgan fingerprint density at radius 2 is 1.56 bits per heavy atom. The molecule has 2 heterocycles. The number of para-hydroxylation sites is 1. The van der Waals surface area contributed by atoms with Gasteiger partial charge in [-0.3, -0.25) is 14.6 Å². The van der Waals surface area contributed by atoms with Crippen molar-refractivity contribution in [1.82, 2.24) is 9.80 Å². The molecule has 9 heteroatoms. The van der Waals surface area contributed by atoms with Gasteiger partial charge < -0.3 is 15.1 Å². The lowest BCUT2D eigenvalue weighted by Crippen LogP contribution is -2.53. The van der Waals surface area contributed by atoms with Gasteiger partial charge in [0.25, 0.3) is 5.91 Å². The molecular formula is C23H24FN5O3. The van der Waals surface area contributed by atoms with Crippen molar-refractivity contribution in [1.29, 1.82) is 0 Å². The van der Waals surface area contributed by atoms with Crippen LogP contribution in [-0.2, 0) is 9.59 Å². The third-order valence-electron chi connectivity index (χ3n) is 5.60. The Kier molecular flexibility index (Phi) is 6.16. The molecular weight excluding hydrogens is 413 g/mol. The van der Waals surface area contributed by atoms with Gasteiger partial charge in [-0.15, -0.1) is 0 Å². The number of urea groups is 1. The maximum Gasteiger partial charge on any atom is 0.321 e. The largest absolute Gasteiger partial charge is 0.334 e. The summed E-state index contributed by atoms with van der Waals surface area (Å²) in [5.74, 6) is -0.640. The molecule has 2 aromatic rings. The van der Waals surface area contributed by atoms with E-state index in [0.29, 0.717) is 37.6 Å². The lowest BCUT2D eigenvalue weighted by Gasteiger charge is -2.34. The molecule has 32 heavy (non-hydrogen) atoms. The molecule has 0 aromatic heterocycles. The lowest BCUT2D eigenvalue weighted by molar-refractivity contribution is -0.125. The summed E-state index contributed by atoms with van der Waals surface area (Å²) in [7, 11) is 0. The molecule has 1 atom stereocenters. The van der Waals surface area contributed by atoms with Crippen LogP contribution in [0.15, 0.2) is 59.7 Å². The fourth-order valence-electron chi connectivity index (χ4n) is 3.81. The van der Waals surface area contributed by atoms with Crippen molar-refractivity contribution in [2.45, 2.75) is 19.4 Å². The molecule has 1 fully saturated rings. The average molecular weight is 437 g/mol. The van der Waals surface area contributed by atoms with E-state index in [2.05, 4.69) is 10.4 Å². The predicted octanol–water partition coefficient (Wildman–Crippen LogP) is 2.73. The minimum Gasteiger partial charge on any atom is -0.334 e. The first-order chi connectivity index (χ1) is 15.4. The third-order valence-corrected chi connectivity index (χ3v) is 5.60. The Morgan fingerprint density at radius 1 is 0.938 bits per heavy atom. The minimum atomic E-state index is -0.501. The molecule has 3 amide bonds. The second-order valence-corrected chi connectivity index (χ2v) is 7.77. The van der Waals surface area contributed by atoms with Crippen molar-refractivity contribution >= 4 is 34.8 Å². The second-order valence-electron chi connectivity index (χ2n) is 7.77. The molecule has 0 spiro atoms. The average Bonchev–Trinajstić information content (AvgIpc) is 3.27. The van der Waals surface area contributed by atoms with Crippen LogP contribution in [0.25, 0.3) is 0 Å². The van der Waals surface area contributed by atoms with E-state index in [1.807, 2.05) is 30.3 Å². The van der Waals surface area contributed by atoms with Crippen LogP contribution < -0.4 is 10.3 Å². The molecule has 1 saturated heterocycles. The zero-order valence-corrected chi connectivity index (χ0v) is 17.7. The van der Waals surface area contributed by atoms with E-state index in [9.17, 15) is 18.8 Å². The second kappa shape index (κ2) is 9.17. The van der Waals surface area contributed by atoms with Gasteiger partial charge in [-0.1, -0.05) is 18.2 Å². The van der Waals surface area contributed by atoms with Crippen LogP contribution in [-0.4, -0.2) is 65.5 Å². The van der Waals surface area contributed by atoms with Gasteiger partial charge in [0.15, 0.2) is 5.78 Å². The van der Waals surface area contributed by atoms with E-state index in [1.54, 1.807) is 14.8 Å². The van der Waals surface area contributed by atoms with E-state index in [0.717, 1.165) is 5.69 Å². The van der Waals surface area contributed by atoms with E-state index in [-0.39, 0.29) is 30.0 Å². The van der Waals surface area contributed by atoms with Gasteiger partial charge in [-0.2, -0.15) is 5.10 Å². The molecule has 2 aliphatic heterocycles. The van der Waals surface area contributed by atoms with Crippen LogP contribution in [0.4, 0.5) is 20.6 Å².